The maximum Gasteiger partial charge on any atom is 0.292 e. The second kappa shape index (κ2) is 10.5. The number of para-hydroxylation sites is 3. The summed E-state index contributed by atoms with van der Waals surface area (Å²) in [6.45, 7) is 1.87. The van der Waals surface area contributed by atoms with E-state index >= 15 is 0 Å². The Morgan fingerprint density at radius 1 is 1.13 bits per heavy atom. The van der Waals surface area contributed by atoms with Crippen LogP contribution in [-0.2, 0) is 9.53 Å². The van der Waals surface area contributed by atoms with Crippen molar-refractivity contribution in [1.29, 1.82) is 0 Å². The van der Waals surface area contributed by atoms with Gasteiger partial charge in [-0.25, -0.2) is 0 Å². The molecule has 1 aliphatic rings. The summed E-state index contributed by atoms with van der Waals surface area (Å²) in [5.41, 5.74) is 1.50. The second-order valence-corrected chi connectivity index (χ2v) is 7.29. The lowest BCUT2D eigenvalue weighted by Gasteiger charge is -2.32. The number of ether oxygens (including phenoxy) is 1. The highest BCUT2D eigenvalue weighted by Gasteiger charge is 2.28. The molecule has 31 heavy (non-hydrogen) atoms. The molecule has 0 bridgehead atoms. The highest BCUT2D eigenvalue weighted by atomic mass is 16.6. The summed E-state index contributed by atoms with van der Waals surface area (Å²) < 4.78 is 4.94. The van der Waals surface area contributed by atoms with E-state index in [1.165, 1.54) is 6.07 Å². The zero-order chi connectivity index (χ0) is 22.2. The third kappa shape index (κ3) is 5.58. The van der Waals surface area contributed by atoms with Crippen molar-refractivity contribution < 1.29 is 19.2 Å². The first kappa shape index (κ1) is 22.2. The lowest BCUT2D eigenvalue weighted by Crippen LogP contribution is -2.38. The molecule has 1 saturated heterocycles. The molecule has 9 nitrogen and oxygen atoms in total. The summed E-state index contributed by atoms with van der Waals surface area (Å²) in [5, 5.41) is 16.9. The number of methoxy groups -OCH3 is 1. The van der Waals surface area contributed by atoms with Gasteiger partial charge in [0.05, 0.1) is 22.8 Å². The molecule has 3 rings (SSSR count). The van der Waals surface area contributed by atoms with Gasteiger partial charge in [0.1, 0.15) is 5.69 Å². The fourth-order valence-corrected chi connectivity index (χ4v) is 3.66. The van der Waals surface area contributed by atoms with Crippen LogP contribution in [0.5, 0.6) is 0 Å². The average molecular weight is 426 g/mol. The monoisotopic (exact) mass is 426 g/mol. The fourth-order valence-electron chi connectivity index (χ4n) is 3.66. The number of nitro benzene ring substituents is 1. The van der Waals surface area contributed by atoms with Crippen LogP contribution in [-0.4, -0.2) is 50.1 Å². The van der Waals surface area contributed by atoms with E-state index in [2.05, 4.69) is 10.6 Å². The van der Waals surface area contributed by atoms with Gasteiger partial charge in [-0.3, -0.25) is 19.7 Å². The zero-order valence-corrected chi connectivity index (χ0v) is 17.4. The quantitative estimate of drug-likeness (QED) is 0.381. The molecule has 2 amide bonds. The highest BCUT2D eigenvalue weighted by Crippen LogP contribution is 2.31. The van der Waals surface area contributed by atoms with Crippen LogP contribution in [0, 0.1) is 16.0 Å². The number of rotatable bonds is 8. The number of anilines is 2. The predicted octanol–water partition coefficient (Wildman–Crippen LogP) is 2.83. The molecule has 0 aliphatic carbocycles. The van der Waals surface area contributed by atoms with Crippen molar-refractivity contribution in [3.05, 3.63) is 64.2 Å². The first-order valence-corrected chi connectivity index (χ1v) is 10.2. The van der Waals surface area contributed by atoms with E-state index < -0.39 is 0 Å². The van der Waals surface area contributed by atoms with Crippen LogP contribution in [0.4, 0.5) is 17.1 Å². The van der Waals surface area contributed by atoms with Crippen molar-refractivity contribution in [3.8, 4) is 0 Å². The Kier molecular flexibility index (Phi) is 7.55. The van der Waals surface area contributed by atoms with Crippen LogP contribution in [0.3, 0.4) is 0 Å². The van der Waals surface area contributed by atoms with Crippen molar-refractivity contribution in [2.45, 2.75) is 12.8 Å². The SMILES string of the molecule is COCCNC(=O)c1ccccc1NC(=O)C1CCN(c2ccccc2[N+](=O)[O-])CC1. The van der Waals surface area contributed by atoms with Crippen LogP contribution < -0.4 is 15.5 Å². The van der Waals surface area contributed by atoms with E-state index in [4.69, 9.17) is 4.74 Å². The zero-order valence-electron chi connectivity index (χ0n) is 17.4. The maximum atomic E-state index is 12.8. The number of nitrogens with zero attached hydrogens (tertiary/aromatic N) is 2. The molecule has 2 N–H and O–H groups in total. The van der Waals surface area contributed by atoms with Gasteiger partial charge in [0.2, 0.25) is 5.91 Å². The number of amides is 2. The van der Waals surface area contributed by atoms with Crippen LogP contribution in [0.25, 0.3) is 0 Å². The number of benzene rings is 2. The van der Waals surface area contributed by atoms with Crippen molar-refractivity contribution in [3.63, 3.8) is 0 Å². The normalized spacial score (nSPS) is 14.2. The topological polar surface area (TPSA) is 114 Å². The van der Waals surface area contributed by atoms with Crippen LogP contribution >= 0.6 is 0 Å². The number of hydrogen-bond acceptors (Lipinski definition) is 6. The first-order chi connectivity index (χ1) is 15.0. The number of nitrogens with one attached hydrogen (secondary N) is 2. The summed E-state index contributed by atoms with van der Waals surface area (Å²) in [6.07, 6.45) is 1.14. The summed E-state index contributed by atoms with van der Waals surface area (Å²) in [5.74, 6) is -0.665. The molecule has 2 aromatic carbocycles. The number of carbonyl (C=O) groups excluding carboxylic acids is 2. The van der Waals surface area contributed by atoms with Gasteiger partial charge >= 0.3 is 0 Å². The smallest absolute Gasteiger partial charge is 0.292 e. The minimum atomic E-state index is -0.386. The molecule has 164 valence electrons. The second-order valence-electron chi connectivity index (χ2n) is 7.29. The third-order valence-corrected chi connectivity index (χ3v) is 5.31. The molecular weight excluding hydrogens is 400 g/mol. The van der Waals surface area contributed by atoms with E-state index in [1.54, 1.807) is 49.6 Å². The van der Waals surface area contributed by atoms with Gasteiger partial charge in [0.25, 0.3) is 11.6 Å². The minimum Gasteiger partial charge on any atom is -0.383 e. The van der Waals surface area contributed by atoms with Crippen molar-refractivity contribution in [2.75, 3.05) is 43.6 Å². The van der Waals surface area contributed by atoms with Crippen LogP contribution in [0.2, 0.25) is 0 Å². The standard InChI is InChI=1S/C22H26N4O5/c1-31-15-12-23-22(28)17-6-2-3-7-18(17)24-21(27)16-10-13-25(14-11-16)19-8-4-5-9-20(19)26(29)30/h2-9,16H,10-15H2,1H3,(H,23,28)(H,24,27). The molecular formula is C22H26N4O5. The largest absolute Gasteiger partial charge is 0.383 e. The van der Waals surface area contributed by atoms with Crippen molar-refractivity contribution in [1.82, 2.24) is 5.32 Å². The lowest BCUT2D eigenvalue weighted by atomic mass is 9.95. The molecule has 1 heterocycles. The van der Waals surface area contributed by atoms with E-state index in [1.807, 2.05) is 4.90 Å². The molecule has 0 unspecified atom stereocenters. The molecule has 9 heteroatoms. The maximum absolute atomic E-state index is 12.8. The Morgan fingerprint density at radius 2 is 1.81 bits per heavy atom. The Bertz CT molecular complexity index is 941. The summed E-state index contributed by atoms with van der Waals surface area (Å²) in [6, 6.07) is 13.5. The van der Waals surface area contributed by atoms with Crippen LogP contribution in [0.1, 0.15) is 23.2 Å². The Balaban J connectivity index is 1.61. The van der Waals surface area contributed by atoms with E-state index in [0.717, 1.165) is 0 Å². The van der Waals surface area contributed by atoms with Gasteiger partial charge in [-0.2, -0.15) is 0 Å². The van der Waals surface area contributed by atoms with Crippen molar-refractivity contribution >= 4 is 28.9 Å². The van der Waals surface area contributed by atoms with Gasteiger partial charge in [-0.15, -0.1) is 0 Å². The summed E-state index contributed by atoms with van der Waals surface area (Å²) in [4.78, 5) is 38.1. The minimum absolute atomic E-state index is 0.0683. The van der Waals surface area contributed by atoms with Gasteiger partial charge in [0.15, 0.2) is 0 Å². The first-order valence-electron chi connectivity index (χ1n) is 10.2. The van der Waals surface area contributed by atoms with Gasteiger partial charge in [-0.05, 0) is 31.0 Å². The summed E-state index contributed by atoms with van der Waals surface area (Å²) >= 11 is 0. The molecule has 0 spiro atoms. The van der Waals surface area contributed by atoms with Gasteiger partial charge < -0.3 is 20.3 Å². The van der Waals surface area contributed by atoms with E-state index in [0.29, 0.717) is 56.0 Å². The van der Waals surface area contributed by atoms with E-state index in [-0.39, 0.29) is 28.3 Å². The fraction of sp³-hybridized carbons (Fsp3) is 0.364. The highest BCUT2D eigenvalue weighted by molar-refractivity contribution is 6.04. The lowest BCUT2D eigenvalue weighted by molar-refractivity contribution is -0.384. The Labute approximate surface area is 180 Å². The Hall–Kier alpha value is -3.46. The van der Waals surface area contributed by atoms with Crippen LogP contribution in [0.15, 0.2) is 48.5 Å². The summed E-state index contributed by atoms with van der Waals surface area (Å²) in [7, 11) is 1.56. The molecule has 1 aliphatic heterocycles. The molecule has 1 fully saturated rings. The number of hydrogen-bond donors (Lipinski definition) is 2. The van der Waals surface area contributed by atoms with Crippen molar-refractivity contribution in [2.24, 2.45) is 5.92 Å². The molecule has 2 aromatic rings. The molecule has 0 atom stereocenters. The average Bonchev–Trinajstić information content (AvgIpc) is 2.79. The number of nitro groups is 1. The molecule has 0 aromatic heterocycles. The Morgan fingerprint density at radius 3 is 2.52 bits per heavy atom. The van der Waals surface area contributed by atoms with E-state index in [9.17, 15) is 19.7 Å². The van der Waals surface area contributed by atoms with Gasteiger partial charge in [0, 0.05) is 38.7 Å². The molecule has 0 radical (unpaired) electrons. The van der Waals surface area contributed by atoms with Gasteiger partial charge in [-0.1, -0.05) is 24.3 Å². The third-order valence-electron chi connectivity index (χ3n) is 5.31. The molecule has 0 saturated carbocycles. The predicted molar refractivity (Wildman–Crippen MR) is 117 cm³/mol. The number of carbonyl (C=O) groups is 2. The number of piperidine rings is 1.